The summed E-state index contributed by atoms with van der Waals surface area (Å²) in [6.07, 6.45) is 0. The molecule has 1 aliphatic heterocycles. The zero-order valence-corrected chi connectivity index (χ0v) is 23.3. The van der Waals surface area contributed by atoms with E-state index >= 15 is 0 Å². The minimum atomic E-state index is -0.566. The summed E-state index contributed by atoms with van der Waals surface area (Å²) in [6.45, 7) is 4.02. The molecule has 0 saturated heterocycles. The van der Waals surface area contributed by atoms with Gasteiger partial charge in [-0.3, -0.25) is 0 Å². The summed E-state index contributed by atoms with van der Waals surface area (Å²) < 4.78 is 22.9. The molecule has 0 amide bonds. The van der Waals surface area contributed by atoms with E-state index in [1.807, 2.05) is 80.6 Å². The van der Waals surface area contributed by atoms with Crippen LogP contribution in [0.3, 0.4) is 0 Å². The van der Waals surface area contributed by atoms with Crippen molar-refractivity contribution in [3.05, 3.63) is 129 Å². The van der Waals surface area contributed by atoms with Crippen LogP contribution in [0.5, 0.6) is 23.0 Å². The van der Waals surface area contributed by atoms with Gasteiger partial charge in [0.15, 0.2) is 6.61 Å². The van der Waals surface area contributed by atoms with E-state index in [9.17, 15) is 10.1 Å². The van der Waals surface area contributed by atoms with E-state index in [1.165, 1.54) is 0 Å². The predicted molar refractivity (Wildman–Crippen MR) is 155 cm³/mol. The molecule has 1 aliphatic rings. The first-order valence-electron chi connectivity index (χ1n) is 12.9. The number of hydrogen-bond acceptors (Lipinski definition) is 7. The van der Waals surface area contributed by atoms with Crippen LogP contribution in [0.2, 0.25) is 5.02 Å². The normalized spacial score (nSPS) is 14.0. The van der Waals surface area contributed by atoms with Gasteiger partial charge >= 0.3 is 5.97 Å². The van der Waals surface area contributed by atoms with Crippen molar-refractivity contribution < 1.29 is 23.7 Å². The summed E-state index contributed by atoms with van der Waals surface area (Å²) in [7, 11) is 0. The van der Waals surface area contributed by atoms with Gasteiger partial charge < -0.3 is 24.7 Å². The highest BCUT2D eigenvalue weighted by Gasteiger charge is 2.31. The molecular formula is C33H27ClN2O5. The molecule has 1 heterocycles. The standard InChI is InChI=1S/C33H27ClN2O5/c1-20-12-21(2)14-27(13-20)39-19-31(37)40-26-10-11-28-30(16-26)41-33(36)29(17-35)32(28)23-4-3-5-25(15-23)38-18-22-6-8-24(34)9-7-22/h3-16,32H,18-19,36H2,1-2H3. The van der Waals surface area contributed by atoms with Crippen molar-refractivity contribution in [1.82, 2.24) is 0 Å². The minimum absolute atomic E-state index is 0.0147. The van der Waals surface area contributed by atoms with Crippen molar-refractivity contribution in [1.29, 1.82) is 5.26 Å². The third-order valence-corrected chi connectivity index (χ3v) is 6.74. The SMILES string of the molecule is Cc1cc(C)cc(OCC(=O)Oc2ccc3c(c2)OC(N)=C(C#N)C3c2cccc(OCc3ccc(Cl)cc3)c2)c1. The molecule has 0 spiro atoms. The first-order valence-corrected chi connectivity index (χ1v) is 13.3. The fraction of sp³-hybridized carbons (Fsp3) is 0.152. The second kappa shape index (κ2) is 12.1. The first kappa shape index (κ1) is 27.6. The van der Waals surface area contributed by atoms with Crippen LogP contribution < -0.4 is 24.7 Å². The number of nitrogens with zero attached hydrogens (tertiary/aromatic N) is 1. The molecule has 4 aromatic rings. The lowest BCUT2D eigenvalue weighted by molar-refractivity contribution is -0.136. The maximum absolute atomic E-state index is 12.5. The molecule has 1 unspecified atom stereocenters. The van der Waals surface area contributed by atoms with Gasteiger partial charge in [0.1, 0.15) is 41.2 Å². The van der Waals surface area contributed by atoms with Crippen molar-refractivity contribution >= 4 is 17.6 Å². The number of esters is 1. The lowest BCUT2D eigenvalue weighted by atomic mass is 9.83. The van der Waals surface area contributed by atoms with Crippen LogP contribution in [0, 0.1) is 25.2 Å². The van der Waals surface area contributed by atoms with Crippen LogP contribution in [-0.2, 0) is 11.4 Å². The third-order valence-electron chi connectivity index (χ3n) is 6.48. The maximum atomic E-state index is 12.5. The number of fused-ring (bicyclic) bond motifs is 1. The summed E-state index contributed by atoms with van der Waals surface area (Å²) in [4.78, 5) is 12.5. The second-order valence-corrected chi connectivity index (χ2v) is 10.1. The number of allylic oxidation sites excluding steroid dienone is 1. The summed E-state index contributed by atoms with van der Waals surface area (Å²) in [5.74, 6) is 0.806. The average Bonchev–Trinajstić information content (AvgIpc) is 2.94. The number of carbonyl (C=O) groups is 1. The smallest absolute Gasteiger partial charge is 0.349 e. The average molecular weight is 567 g/mol. The van der Waals surface area contributed by atoms with Crippen LogP contribution in [0.4, 0.5) is 0 Å². The van der Waals surface area contributed by atoms with Gasteiger partial charge in [-0.05, 0) is 78.6 Å². The highest BCUT2D eigenvalue weighted by Crippen LogP contribution is 2.44. The van der Waals surface area contributed by atoms with Crippen LogP contribution in [0.15, 0.2) is 96.4 Å². The molecule has 206 valence electrons. The van der Waals surface area contributed by atoms with Crippen molar-refractivity contribution in [2.24, 2.45) is 5.73 Å². The zero-order valence-electron chi connectivity index (χ0n) is 22.5. The Kier molecular flexibility index (Phi) is 8.14. The summed E-state index contributed by atoms with van der Waals surface area (Å²) >= 11 is 5.98. The Morgan fingerprint density at radius 3 is 2.41 bits per heavy atom. The summed E-state index contributed by atoms with van der Waals surface area (Å²) in [5, 5.41) is 10.6. The fourth-order valence-corrected chi connectivity index (χ4v) is 4.82. The highest BCUT2D eigenvalue weighted by atomic mass is 35.5. The van der Waals surface area contributed by atoms with E-state index < -0.39 is 11.9 Å². The number of nitriles is 1. The van der Waals surface area contributed by atoms with E-state index in [1.54, 1.807) is 18.2 Å². The van der Waals surface area contributed by atoms with Crippen LogP contribution in [0.25, 0.3) is 0 Å². The lowest BCUT2D eigenvalue weighted by Crippen LogP contribution is -2.21. The highest BCUT2D eigenvalue weighted by molar-refractivity contribution is 6.30. The van der Waals surface area contributed by atoms with E-state index in [0.717, 1.165) is 22.3 Å². The molecular weight excluding hydrogens is 540 g/mol. The van der Waals surface area contributed by atoms with Gasteiger partial charge in [-0.15, -0.1) is 0 Å². The van der Waals surface area contributed by atoms with E-state index in [-0.39, 0.29) is 23.8 Å². The maximum Gasteiger partial charge on any atom is 0.349 e. The molecule has 0 aliphatic carbocycles. The Bertz CT molecular complexity index is 1650. The second-order valence-electron chi connectivity index (χ2n) is 9.70. The number of benzene rings is 4. The Balaban J connectivity index is 1.33. The Morgan fingerprint density at radius 1 is 0.927 bits per heavy atom. The molecule has 4 aromatic carbocycles. The van der Waals surface area contributed by atoms with Gasteiger partial charge in [-0.2, -0.15) is 5.26 Å². The topological polar surface area (TPSA) is 104 Å². The lowest BCUT2D eigenvalue weighted by Gasteiger charge is -2.27. The monoisotopic (exact) mass is 566 g/mol. The predicted octanol–water partition coefficient (Wildman–Crippen LogP) is 6.74. The molecule has 1 atom stereocenters. The zero-order chi connectivity index (χ0) is 28.9. The van der Waals surface area contributed by atoms with Crippen LogP contribution in [-0.4, -0.2) is 12.6 Å². The minimum Gasteiger partial charge on any atom is -0.489 e. The third kappa shape index (κ3) is 6.63. The Morgan fingerprint density at radius 2 is 1.68 bits per heavy atom. The Labute approximate surface area is 243 Å². The number of rotatable bonds is 8. The molecule has 0 radical (unpaired) electrons. The van der Waals surface area contributed by atoms with Gasteiger partial charge in [0.25, 0.3) is 0 Å². The quantitative estimate of drug-likeness (QED) is 0.186. The molecule has 8 heteroatoms. The number of ether oxygens (including phenoxy) is 4. The molecule has 0 saturated carbocycles. The van der Waals surface area contributed by atoms with Crippen molar-refractivity contribution in [3.63, 3.8) is 0 Å². The van der Waals surface area contributed by atoms with Crippen LogP contribution in [0.1, 0.15) is 33.7 Å². The molecule has 0 fully saturated rings. The van der Waals surface area contributed by atoms with Crippen molar-refractivity contribution in [2.45, 2.75) is 26.4 Å². The van der Waals surface area contributed by atoms with Gasteiger partial charge in [-0.1, -0.05) is 48.0 Å². The Hall–Kier alpha value is -4.93. The van der Waals surface area contributed by atoms with E-state index in [0.29, 0.717) is 34.4 Å². The molecule has 7 nitrogen and oxygen atoms in total. The summed E-state index contributed by atoms with van der Waals surface area (Å²) in [5.41, 5.74) is 11.0. The van der Waals surface area contributed by atoms with E-state index in [4.69, 9.17) is 36.3 Å². The number of hydrogen-bond donors (Lipinski definition) is 1. The molecule has 0 bridgehead atoms. The van der Waals surface area contributed by atoms with Gasteiger partial charge in [0.05, 0.1) is 5.92 Å². The molecule has 2 N–H and O–H groups in total. The van der Waals surface area contributed by atoms with Crippen LogP contribution >= 0.6 is 11.6 Å². The number of carbonyl (C=O) groups excluding carboxylic acids is 1. The van der Waals surface area contributed by atoms with Crippen molar-refractivity contribution in [3.8, 4) is 29.1 Å². The number of halogens is 1. The van der Waals surface area contributed by atoms with Gasteiger partial charge in [0, 0.05) is 16.7 Å². The fourth-order valence-electron chi connectivity index (χ4n) is 4.69. The van der Waals surface area contributed by atoms with Gasteiger partial charge in [0.2, 0.25) is 5.88 Å². The van der Waals surface area contributed by atoms with Crippen molar-refractivity contribution in [2.75, 3.05) is 6.61 Å². The number of nitrogens with two attached hydrogens (primary N) is 1. The van der Waals surface area contributed by atoms with Gasteiger partial charge in [-0.25, -0.2) is 4.79 Å². The van der Waals surface area contributed by atoms with E-state index in [2.05, 4.69) is 6.07 Å². The first-order chi connectivity index (χ1) is 19.8. The summed E-state index contributed by atoms with van der Waals surface area (Å²) in [6, 6.07) is 27.8. The largest absolute Gasteiger partial charge is 0.489 e. The number of aryl methyl sites for hydroxylation is 2. The molecule has 41 heavy (non-hydrogen) atoms. The molecule has 0 aromatic heterocycles. The molecule has 5 rings (SSSR count).